The van der Waals surface area contributed by atoms with E-state index < -0.39 is 0 Å². The molecule has 2 nitrogen and oxygen atoms in total. The van der Waals surface area contributed by atoms with Gasteiger partial charge in [-0.25, -0.2) is 0 Å². The van der Waals surface area contributed by atoms with Gasteiger partial charge in [-0.1, -0.05) is 27.7 Å². The lowest BCUT2D eigenvalue weighted by atomic mass is 10.1. The molecule has 16 heavy (non-hydrogen) atoms. The van der Waals surface area contributed by atoms with E-state index in [2.05, 4.69) is 0 Å². The van der Waals surface area contributed by atoms with Gasteiger partial charge in [0.1, 0.15) is 0 Å². The number of rotatable bonds is 8. The van der Waals surface area contributed by atoms with Gasteiger partial charge in [-0.15, -0.1) is 23.5 Å². The third-order valence-corrected chi connectivity index (χ3v) is 4.17. The van der Waals surface area contributed by atoms with Gasteiger partial charge >= 0.3 is 0 Å². The van der Waals surface area contributed by atoms with Gasteiger partial charge in [-0.3, -0.25) is 9.59 Å². The second kappa shape index (κ2) is 8.88. The van der Waals surface area contributed by atoms with Gasteiger partial charge in [-0.2, -0.15) is 0 Å². The number of carbonyl (C=O) groups excluding carboxylic acids is 2. The molecule has 0 aliphatic rings. The van der Waals surface area contributed by atoms with E-state index in [1.165, 1.54) is 0 Å². The minimum atomic E-state index is -0.0243. The van der Waals surface area contributed by atoms with Crippen LogP contribution in [0.1, 0.15) is 40.5 Å². The first-order valence-corrected chi connectivity index (χ1v) is 7.65. The molecule has 0 N–H and O–H groups in total. The number of Topliss-reactive ketones (excluding diaryl/α,β-unsaturated/α-hetero) is 2. The van der Waals surface area contributed by atoms with Gasteiger partial charge in [0, 0.05) is 12.8 Å². The summed E-state index contributed by atoms with van der Waals surface area (Å²) in [6.07, 6.45) is 0.804. The zero-order chi connectivity index (χ0) is 12.6. The summed E-state index contributed by atoms with van der Waals surface area (Å²) in [5.41, 5.74) is 0.434. The predicted molar refractivity (Wildman–Crippen MR) is 73.9 cm³/mol. The average molecular weight is 260 g/mol. The summed E-state index contributed by atoms with van der Waals surface area (Å²) in [5, 5.41) is 0. The zero-order valence-corrected chi connectivity index (χ0v) is 12.1. The summed E-state index contributed by atoms with van der Waals surface area (Å²) in [5.74, 6) is 1.73. The maximum atomic E-state index is 11.8. The third-order valence-electron chi connectivity index (χ3n) is 1.95. The molecule has 0 bridgehead atoms. The molecule has 0 aromatic rings. The Kier molecular flexibility index (Phi) is 8.76. The van der Waals surface area contributed by atoms with Crippen molar-refractivity contribution in [1.29, 1.82) is 0 Å². The van der Waals surface area contributed by atoms with Crippen molar-refractivity contribution in [2.45, 2.75) is 40.5 Å². The molecule has 0 saturated carbocycles. The minimum Gasteiger partial charge on any atom is -0.294 e. The lowest BCUT2D eigenvalue weighted by Crippen LogP contribution is -2.13. The molecule has 0 saturated heterocycles. The molecule has 0 aromatic heterocycles. The highest BCUT2D eigenvalue weighted by Gasteiger charge is 2.20. The van der Waals surface area contributed by atoms with Crippen LogP contribution in [0.4, 0.5) is 0 Å². The van der Waals surface area contributed by atoms with E-state index in [1.807, 2.05) is 13.8 Å². The standard InChI is InChI=1S/C12H20O2S2/c1-5-9(13)11(10(14)6-2)12(15-7-3)16-8-4/h5-8H2,1-4H3. The fourth-order valence-electron chi connectivity index (χ4n) is 1.18. The van der Waals surface area contributed by atoms with E-state index in [0.29, 0.717) is 18.4 Å². The summed E-state index contributed by atoms with van der Waals surface area (Å²) < 4.78 is 0.906. The Morgan fingerprint density at radius 3 is 1.44 bits per heavy atom. The first-order chi connectivity index (χ1) is 7.62. The van der Waals surface area contributed by atoms with E-state index in [0.717, 1.165) is 15.7 Å². The van der Waals surface area contributed by atoms with Crippen molar-refractivity contribution < 1.29 is 9.59 Å². The maximum Gasteiger partial charge on any atom is 0.167 e. The second-order valence-electron chi connectivity index (χ2n) is 3.08. The fourth-order valence-corrected chi connectivity index (χ4v) is 3.49. The minimum absolute atomic E-state index is 0.0243. The van der Waals surface area contributed by atoms with Crippen molar-refractivity contribution >= 4 is 35.1 Å². The summed E-state index contributed by atoms with van der Waals surface area (Å²) >= 11 is 3.19. The third kappa shape index (κ3) is 4.74. The van der Waals surface area contributed by atoms with E-state index >= 15 is 0 Å². The van der Waals surface area contributed by atoms with Gasteiger partial charge in [0.15, 0.2) is 11.6 Å². The molecule has 92 valence electrons. The molecule has 0 aromatic carbocycles. The highest BCUT2D eigenvalue weighted by Crippen LogP contribution is 2.32. The zero-order valence-electron chi connectivity index (χ0n) is 10.5. The fraction of sp³-hybridized carbons (Fsp3) is 0.667. The van der Waals surface area contributed by atoms with Crippen LogP contribution in [-0.4, -0.2) is 23.1 Å². The molecule has 0 atom stereocenters. The Morgan fingerprint density at radius 1 is 0.812 bits per heavy atom. The summed E-state index contributed by atoms with van der Waals surface area (Å²) in [7, 11) is 0. The van der Waals surface area contributed by atoms with Crippen LogP contribution in [0.5, 0.6) is 0 Å². The summed E-state index contributed by atoms with van der Waals surface area (Å²) in [6.45, 7) is 7.67. The van der Waals surface area contributed by atoms with E-state index in [-0.39, 0.29) is 11.6 Å². The molecule has 4 heteroatoms. The number of hydrogen-bond acceptors (Lipinski definition) is 4. The topological polar surface area (TPSA) is 34.1 Å². The van der Waals surface area contributed by atoms with Crippen molar-refractivity contribution in [3.63, 3.8) is 0 Å². The second-order valence-corrected chi connectivity index (χ2v) is 5.89. The quantitative estimate of drug-likeness (QED) is 0.379. The van der Waals surface area contributed by atoms with Gasteiger partial charge in [0.25, 0.3) is 0 Å². The monoisotopic (exact) mass is 260 g/mol. The van der Waals surface area contributed by atoms with Crippen molar-refractivity contribution in [2.75, 3.05) is 11.5 Å². The van der Waals surface area contributed by atoms with Crippen LogP contribution >= 0.6 is 23.5 Å². The number of carbonyl (C=O) groups is 2. The normalized spacial score (nSPS) is 10.0. The summed E-state index contributed by atoms with van der Waals surface area (Å²) in [4.78, 5) is 23.6. The van der Waals surface area contributed by atoms with Crippen molar-refractivity contribution in [3.05, 3.63) is 9.81 Å². The number of allylic oxidation sites excluding steroid dienone is 1. The first kappa shape index (κ1) is 15.8. The SMILES string of the molecule is CCSC(SCC)=C(C(=O)CC)C(=O)CC. The van der Waals surface area contributed by atoms with Gasteiger partial charge < -0.3 is 0 Å². The molecule has 0 heterocycles. The van der Waals surface area contributed by atoms with Crippen LogP contribution in [0, 0.1) is 0 Å². The lowest BCUT2D eigenvalue weighted by Gasteiger charge is -2.10. The van der Waals surface area contributed by atoms with Gasteiger partial charge in [0.05, 0.1) is 9.81 Å². The molecule has 0 aliphatic carbocycles. The Hall–Kier alpha value is -0.220. The average Bonchev–Trinajstić information content (AvgIpc) is 2.29. The van der Waals surface area contributed by atoms with Crippen LogP contribution in [0.15, 0.2) is 9.81 Å². The van der Waals surface area contributed by atoms with Crippen LogP contribution < -0.4 is 0 Å². The van der Waals surface area contributed by atoms with Gasteiger partial charge in [0.2, 0.25) is 0 Å². The molecular weight excluding hydrogens is 240 g/mol. The van der Waals surface area contributed by atoms with Crippen LogP contribution in [0.3, 0.4) is 0 Å². The Bertz CT molecular complexity index is 257. The van der Waals surface area contributed by atoms with E-state index in [1.54, 1.807) is 37.4 Å². The molecule has 0 unspecified atom stereocenters. The molecule has 0 radical (unpaired) electrons. The Labute approximate surface area is 107 Å². The predicted octanol–water partition coefficient (Wildman–Crippen LogP) is 3.66. The molecule has 0 fully saturated rings. The first-order valence-electron chi connectivity index (χ1n) is 5.68. The Morgan fingerprint density at radius 2 is 1.19 bits per heavy atom. The van der Waals surface area contributed by atoms with Crippen LogP contribution in [0.2, 0.25) is 0 Å². The highest BCUT2D eigenvalue weighted by atomic mass is 32.2. The molecule has 0 rings (SSSR count). The van der Waals surface area contributed by atoms with E-state index in [4.69, 9.17) is 0 Å². The largest absolute Gasteiger partial charge is 0.294 e. The molecular formula is C12H20O2S2. The van der Waals surface area contributed by atoms with Gasteiger partial charge in [-0.05, 0) is 11.5 Å². The van der Waals surface area contributed by atoms with Crippen LogP contribution in [0.25, 0.3) is 0 Å². The summed E-state index contributed by atoms with van der Waals surface area (Å²) in [6, 6.07) is 0. The van der Waals surface area contributed by atoms with E-state index in [9.17, 15) is 9.59 Å². The maximum absolute atomic E-state index is 11.8. The number of ketones is 2. The van der Waals surface area contributed by atoms with Crippen LogP contribution in [-0.2, 0) is 9.59 Å². The molecule has 0 spiro atoms. The van der Waals surface area contributed by atoms with Crippen molar-refractivity contribution in [2.24, 2.45) is 0 Å². The smallest absolute Gasteiger partial charge is 0.167 e. The number of hydrogen-bond donors (Lipinski definition) is 0. The lowest BCUT2D eigenvalue weighted by molar-refractivity contribution is -0.121. The number of thioether (sulfide) groups is 2. The van der Waals surface area contributed by atoms with Crippen molar-refractivity contribution in [1.82, 2.24) is 0 Å². The Balaban J connectivity index is 5.25. The molecule has 0 aliphatic heterocycles. The highest BCUT2D eigenvalue weighted by molar-refractivity contribution is 8.22. The molecule has 0 amide bonds. The van der Waals surface area contributed by atoms with Crippen molar-refractivity contribution in [3.8, 4) is 0 Å².